The standard InChI is InChI=1S/C18H26OSSi/c1-7-10-15(19-21(5,6)18(2,3)4)17-13-14-11-8-9-12-16(14)20-17/h7-13,15H,1-6H3/b10-7+/t15-/m1/s1. The molecule has 1 atom stereocenters. The predicted octanol–water partition coefficient (Wildman–Crippen LogP) is 6.54. The minimum absolute atomic E-state index is 0.0771. The topological polar surface area (TPSA) is 9.23 Å². The maximum atomic E-state index is 6.62. The summed E-state index contributed by atoms with van der Waals surface area (Å²) in [7, 11) is -1.78. The van der Waals surface area contributed by atoms with Gasteiger partial charge in [-0.2, -0.15) is 0 Å². The molecule has 21 heavy (non-hydrogen) atoms. The summed E-state index contributed by atoms with van der Waals surface area (Å²) in [5.74, 6) is 0. The van der Waals surface area contributed by atoms with Gasteiger partial charge in [-0.05, 0) is 42.6 Å². The molecular weight excluding hydrogens is 292 g/mol. The van der Waals surface area contributed by atoms with E-state index in [1.165, 1.54) is 15.0 Å². The van der Waals surface area contributed by atoms with Gasteiger partial charge in [-0.15, -0.1) is 11.3 Å². The lowest BCUT2D eigenvalue weighted by molar-refractivity contribution is 0.233. The molecule has 0 unspecified atom stereocenters. The lowest BCUT2D eigenvalue weighted by Crippen LogP contribution is -2.41. The average Bonchev–Trinajstić information content (AvgIpc) is 2.80. The first-order valence-electron chi connectivity index (χ1n) is 7.54. The van der Waals surface area contributed by atoms with Gasteiger partial charge in [0.1, 0.15) is 0 Å². The molecular formula is C18H26OSSi. The minimum Gasteiger partial charge on any atom is -0.406 e. The molecule has 0 bridgehead atoms. The number of rotatable bonds is 4. The van der Waals surface area contributed by atoms with Crippen molar-refractivity contribution >= 4 is 29.7 Å². The first-order chi connectivity index (χ1) is 9.74. The van der Waals surface area contributed by atoms with E-state index in [0.29, 0.717) is 0 Å². The van der Waals surface area contributed by atoms with Gasteiger partial charge < -0.3 is 4.43 Å². The van der Waals surface area contributed by atoms with Crippen molar-refractivity contribution < 1.29 is 4.43 Å². The maximum Gasteiger partial charge on any atom is 0.193 e. The molecule has 0 fully saturated rings. The highest BCUT2D eigenvalue weighted by molar-refractivity contribution is 7.19. The zero-order chi connectivity index (χ0) is 15.7. The average molecular weight is 319 g/mol. The molecule has 1 heterocycles. The molecule has 1 aromatic heterocycles. The van der Waals surface area contributed by atoms with Gasteiger partial charge >= 0.3 is 0 Å². The summed E-state index contributed by atoms with van der Waals surface area (Å²) in [5, 5.41) is 1.54. The Morgan fingerprint density at radius 2 is 1.86 bits per heavy atom. The zero-order valence-electron chi connectivity index (χ0n) is 13.9. The summed E-state index contributed by atoms with van der Waals surface area (Å²) < 4.78 is 7.96. The normalized spacial score (nSPS) is 15.0. The van der Waals surface area contributed by atoms with E-state index in [0.717, 1.165) is 0 Å². The van der Waals surface area contributed by atoms with Crippen molar-refractivity contribution in [1.82, 2.24) is 0 Å². The van der Waals surface area contributed by atoms with Crippen molar-refractivity contribution in [3.63, 3.8) is 0 Å². The number of fused-ring (bicyclic) bond motifs is 1. The molecule has 0 aliphatic carbocycles. The van der Waals surface area contributed by atoms with Crippen LogP contribution in [0.3, 0.4) is 0 Å². The Morgan fingerprint density at radius 3 is 2.43 bits per heavy atom. The number of hydrogen-bond donors (Lipinski definition) is 0. The monoisotopic (exact) mass is 318 g/mol. The molecule has 1 aromatic carbocycles. The number of benzene rings is 1. The van der Waals surface area contributed by atoms with Crippen LogP contribution in [0.15, 0.2) is 42.5 Å². The van der Waals surface area contributed by atoms with Gasteiger partial charge in [0.2, 0.25) is 0 Å². The van der Waals surface area contributed by atoms with Crippen LogP contribution in [-0.4, -0.2) is 8.32 Å². The van der Waals surface area contributed by atoms with Crippen molar-refractivity contribution in [2.24, 2.45) is 0 Å². The molecule has 0 amide bonds. The Bertz CT molecular complexity index is 601. The van der Waals surface area contributed by atoms with Gasteiger partial charge in [-0.25, -0.2) is 0 Å². The fraction of sp³-hybridized carbons (Fsp3) is 0.444. The van der Waals surface area contributed by atoms with Crippen molar-refractivity contribution in [3.05, 3.63) is 47.4 Å². The third kappa shape index (κ3) is 3.65. The first-order valence-corrected chi connectivity index (χ1v) is 11.3. The molecule has 0 radical (unpaired) electrons. The summed E-state index contributed by atoms with van der Waals surface area (Å²) in [4.78, 5) is 1.30. The van der Waals surface area contributed by atoms with Gasteiger partial charge in [0.05, 0.1) is 6.10 Å². The molecule has 2 aromatic rings. The van der Waals surface area contributed by atoms with Crippen molar-refractivity contribution in [2.75, 3.05) is 0 Å². The summed E-state index contributed by atoms with van der Waals surface area (Å²) in [5.41, 5.74) is 0. The highest BCUT2D eigenvalue weighted by Crippen LogP contribution is 2.41. The molecule has 114 valence electrons. The SMILES string of the molecule is C/C=C/[C@@H](O[Si](C)(C)C(C)(C)C)c1cc2ccccc2s1. The highest BCUT2D eigenvalue weighted by atomic mass is 32.1. The van der Waals surface area contributed by atoms with Crippen LogP contribution < -0.4 is 0 Å². The van der Waals surface area contributed by atoms with Crippen LogP contribution in [0.5, 0.6) is 0 Å². The summed E-state index contributed by atoms with van der Waals surface area (Å²) in [6.07, 6.45) is 4.36. The van der Waals surface area contributed by atoms with Crippen LogP contribution in [0.25, 0.3) is 10.1 Å². The second-order valence-electron chi connectivity index (χ2n) is 7.01. The van der Waals surface area contributed by atoms with E-state index in [2.05, 4.69) is 83.3 Å². The third-order valence-corrected chi connectivity index (χ3v) is 9.95. The van der Waals surface area contributed by atoms with E-state index in [1.54, 1.807) is 0 Å². The van der Waals surface area contributed by atoms with E-state index in [1.807, 2.05) is 11.3 Å². The number of allylic oxidation sites excluding steroid dienone is 1. The maximum absolute atomic E-state index is 6.62. The molecule has 0 aliphatic heterocycles. The van der Waals surface area contributed by atoms with Gasteiger partial charge in [0, 0.05) is 9.58 Å². The van der Waals surface area contributed by atoms with Crippen molar-refractivity contribution in [2.45, 2.75) is 51.9 Å². The Morgan fingerprint density at radius 1 is 1.19 bits per heavy atom. The van der Waals surface area contributed by atoms with Crippen LogP contribution >= 0.6 is 11.3 Å². The molecule has 3 heteroatoms. The molecule has 1 nitrogen and oxygen atoms in total. The van der Waals surface area contributed by atoms with Crippen LogP contribution in [-0.2, 0) is 4.43 Å². The predicted molar refractivity (Wildman–Crippen MR) is 97.7 cm³/mol. The Hall–Kier alpha value is -0.903. The van der Waals surface area contributed by atoms with E-state index in [4.69, 9.17) is 4.43 Å². The first kappa shape index (κ1) is 16.5. The Balaban J connectivity index is 2.35. The van der Waals surface area contributed by atoms with Crippen LogP contribution in [0.1, 0.15) is 38.7 Å². The third-order valence-electron chi connectivity index (χ3n) is 4.32. The lowest BCUT2D eigenvalue weighted by Gasteiger charge is -2.38. The van der Waals surface area contributed by atoms with Gasteiger partial charge in [-0.3, -0.25) is 0 Å². The van der Waals surface area contributed by atoms with Gasteiger partial charge in [-0.1, -0.05) is 51.1 Å². The molecule has 0 spiro atoms. The largest absolute Gasteiger partial charge is 0.406 e. The zero-order valence-corrected chi connectivity index (χ0v) is 15.8. The van der Waals surface area contributed by atoms with Crippen LogP contribution in [0.2, 0.25) is 18.1 Å². The molecule has 2 rings (SSSR count). The molecule has 0 N–H and O–H groups in total. The summed E-state index contributed by atoms with van der Waals surface area (Å²) in [6.45, 7) is 13.6. The number of hydrogen-bond acceptors (Lipinski definition) is 2. The van der Waals surface area contributed by atoms with E-state index in [9.17, 15) is 0 Å². The van der Waals surface area contributed by atoms with Crippen molar-refractivity contribution in [1.29, 1.82) is 0 Å². The Labute approximate surface area is 133 Å². The minimum atomic E-state index is -1.78. The quantitative estimate of drug-likeness (QED) is 0.459. The summed E-state index contributed by atoms with van der Waals surface area (Å²) >= 11 is 1.84. The smallest absolute Gasteiger partial charge is 0.193 e. The fourth-order valence-electron chi connectivity index (χ4n) is 2.00. The Kier molecular flexibility index (Phi) is 4.76. The van der Waals surface area contributed by atoms with Gasteiger partial charge in [0.15, 0.2) is 8.32 Å². The lowest BCUT2D eigenvalue weighted by atomic mass is 10.2. The molecule has 0 saturated heterocycles. The summed E-state index contributed by atoms with van der Waals surface area (Å²) in [6, 6.07) is 10.8. The van der Waals surface area contributed by atoms with Gasteiger partial charge in [0.25, 0.3) is 0 Å². The molecule has 0 aliphatic rings. The fourth-order valence-corrected chi connectivity index (χ4v) is 4.36. The van der Waals surface area contributed by atoms with Crippen LogP contribution in [0.4, 0.5) is 0 Å². The van der Waals surface area contributed by atoms with E-state index in [-0.39, 0.29) is 11.1 Å². The second kappa shape index (κ2) is 6.07. The van der Waals surface area contributed by atoms with Crippen molar-refractivity contribution in [3.8, 4) is 0 Å². The van der Waals surface area contributed by atoms with E-state index >= 15 is 0 Å². The second-order valence-corrected chi connectivity index (χ2v) is 12.9. The number of thiophene rings is 1. The van der Waals surface area contributed by atoms with E-state index < -0.39 is 8.32 Å². The highest BCUT2D eigenvalue weighted by Gasteiger charge is 2.39. The van der Waals surface area contributed by atoms with Crippen LogP contribution in [0, 0.1) is 0 Å². The molecule has 0 saturated carbocycles.